The van der Waals surface area contributed by atoms with Gasteiger partial charge in [0.15, 0.2) is 5.82 Å². The largest absolute Gasteiger partial charge is 0.334 e. The molecule has 0 amide bonds. The summed E-state index contributed by atoms with van der Waals surface area (Å²) in [6, 6.07) is 5.64. The molecule has 0 radical (unpaired) electrons. The van der Waals surface area contributed by atoms with Crippen LogP contribution in [0.4, 0.5) is 11.5 Å². The normalized spacial score (nSPS) is 15.1. The third-order valence-corrected chi connectivity index (χ3v) is 3.71. The highest BCUT2D eigenvalue weighted by Gasteiger charge is 2.17. The van der Waals surface area contributed by atoms with Crippen molar-refractivity contribution in [3.63, 3.8) is 0 Å². The summed E-state index contributed by atoms with van der Waals surface area (Å²) in [5.74, 6) is 0.737. The van der Waals surface area contributed by atoms with Gasteiger partial charge in [-0.15, -0.1) is 0 Å². The molecule has 0 aliphatic carbocycles. The molecule has 0 fully saturated rings. The summed E-state index contributed by atoms with van der Waals surface area (Å²) in [5, 5.41) is 7.64. The Balaban J connectivity index is 1.84. The first-order chi connectivity index (χ1) is 9.67. The summed E-state index contributed by atoms with van der Waals surface area (Å²) >= 11 is 0. The lowest BCUT2D eigenvalue weighted by Gasteiger charge is -2.25. The maximum atomic E-state index is 12.0. The molecule has 2 aromatic rings. The zero-order chi connectivity index (χ0) is 14.1. The van der Waals surface area contributed by atoms with Crippen LogP contribution in [0.1, 0.15) is 12.6 Å². The van der Waals surface area contributed by atoms with Crippen LogP contribution in [0.2, 0.25) is 0 Å². The molecule has 3 heterocycles. The highest BCUT2D eigenvalue weighted by Crippen LogP contribution is 2.18. The molecule has 6 heteroatoms. The quantitative estimate of drug-likeness (QED) is 0.912. The number of aromatic nitrogens is 3. The number of pyridine rings is 1. The van der Waals surface area contributed by atoms with Crippen LogP contribution in [0.3, 0.4) is 0 Å². The summed E-state index contributed by atoms with van der Waals surface area (Å²) in [5.41, 5.74) is 1.69. The first kappa shape index (κ1) is 12.9. The van der Waals surface area contributed by atoms with Gasteiger partial charge in [-0.2, -0.15) is 5.10 Å². The van der Waals surface area contributed by atoms with Crippen molar-refractivity contribution in [1.82, 2.24) is 19.2 Å². The molecule has 0 unspecified atom stereocenters. The van der Waals surface area contributed by atoms with E-state index < -0.39 is 0 Å². The van der Waals surface area contributed by atoms with Crippen molar-refractivity contribution < 1.29 is 0 Å². The molecule has 0 saturated carbocycles. The predicted molar refractivity (Wildman–Crippen MR) is 78.1 cm³/mol. The van der Waals surface area contributed by atoms with Gasteiger partial charge >= 0.3 is 0 Å². The first-order valence-corrected chi connectivity index (χ1v) is 6.89. The molecule has 0 saturated heterocycles. The van der Waals surface area contributed by atoms with E-state index in [1.807, 2.05) is 16.8 Å². The SMILES string of the molecule is CCN1CCn2nc(Nc3cccn(C)c3=O)cc2C1. The van der Waals surface area contributed by atoms with Crippen LogP contribution in [0.25, 0.3) is 0 Å². The topological polar surface area (TPSA) is 55.1 Å². The predicted octanol–water partition coefficient (Wildman–Crippen LogP) is 1.16. The number of hydrogen-bond acceptors (Lipinski definition) is 4. The molecule has 20 heavy (non-hydrogen) atoms. The second kappa shape index (κ2) is 5.13. The second-order valence-corrected chi connectivity index (χ2v) is 5.08. The van der Waals surface area contributed by atoms with Gasteiger partial charge in [0.05, 0.1) is 12.2 Å². The van der Waals surface area contributed by atoms with Crippen molar-refractivity contribution >= 4 is 11.5 Å². The summed E-state index contributed by atoms with van der Waals surface area (Å²) < 4.78 is 3.57. The number of nitrogens with zero attached hydrogens (tertiary/aromatic N) is 4. The van der Waals surface area contributed by atoms with Crippen molar-refractivity contribution in [3.05, 3.63) is 40.4 Å². The number of rotatable bonds is 3. The number of hydrogen-bond donors (Lipinski definition) is 1. The average Bonchev–Trinajstić information content (AvgIpc) is 2.85. The van der Waals surface area contributed by atoms with E-state index in [4.69, 9.17) is 0 Å². The van der Waals surface area contributed by atoms with Gasteiger partial charge in [-0.25, -0.2) is 0 Å². The Morgan fingerprint density at radius 1 is 1.40 bits per heavy atom. The van der Waals surface area contributed by atoms with Crippen LogP contribution in [0, 0.1) is 0 Å². The molecule has 0 spiro atoms. The van der Waals surface area contributed by atoms with Gasteiger partial charge in [-0.3, -0.25) is 14.4 Å². The Hall–Kier alpha value is -2.08. The Bertz CT molecular complexity index is 672. The van der Waals surface area contributed by atoms with E-state index in [0.29, 0.717) is 5.69 Å². The van der Waals surface area contributed by atoms with Gasteiger partial charge in [0, 0.05) is 32.4 Å². The van der Waals surface area contributed by atoms with Gasteiger partial charge in [0.2, 0.25) is 0 Å². The molecule has 6 nitrogen and oxygen atoms in total. The number of likely N-dealkylation sites (N-methyl/N-ethyl adjacent to an activating group) is 1. The summed E-state index contributed by atoms with van der Waals surface area (Å²) in [6.07, 6.45) is 1.74. The van der Waals surface area contributed by atoms with Gasteiger partial charge in [-0.05, 0) is 18.7 Å². The van der Waals surface area contributed by atoms with Crippen molar-refractivity contribution in [2.24, 2.45) is 7.05 Å². The summed E-state index contributed by atoms with van der Waals surface area (Å²) in [7, 11) is 1.74. The van der Waals surface area contributed by atoms with Crippen LogP contribution < -0.4 is 10.9 Å². The third kappa shape index (κ3) is 2.34. The zero-order valence-electron chi connectivity index (χ0n) is 11.8. The van der Waals surface area contributed by atoms with E-state index in [1.54, 1.807) is 23.9 Å². The van der Waals surface area contributed by atoms with Crippen LogP contribution in [0.15, 0.2) is 29.2 Å². The first-order valence-electron chi connectivity index (χ1n) is 6.89. The molecule has 1 N–H and O–H groups in total. The van der Waals surface area contributed by atoms with Gasteiger partial charge in [0.25, 0.3) is 5.56 Å². The van der Waals surface area contributed by atoms with E-state index >= 15 is 0 Å². The fourth-order valence-corrected chi connectivity index (χ4v) is 2.48. The molecule has 106 valence electrons. The molecule has 3 rings (SSSR count). The number of fused-ring (bicyclic) bond motifs is 1. The van der Waals surface area contributed by atoms with Crippen molar-refractivity contribution in [2.75, 3.05) is 18.4 Å². The fourth-order valence-electron chi connectivity index (χ4n) is 2.48. The van der Waals surface area contributed by atoms with Crippen molar-refractivity contribution in [2.45, 2.75) is 20.0 Å². The summed E-state index contributed by atoms with van der Waals surface area (Å²) in [6.45, 7) is 6.05. The van der Waals surface area contributed by atoms with Crippen molar-refractivity contribution in [1.29, 1.82) is 0 Å². The lowest BCUT2D eigenvalue weighted by atomic mass is 10.3. The number of aryl methyl sites for hydroxylation is 1. The van der Waals surface area contributed by atoms with Crippen LogP contribution >= 0.6 is 0 Å². The van der Waals surface area contributed by atoms with E-state index in [-0.39, 0.29) is 5.56 Å². The average molecular weight is 273 g/mol. The Labute approximate surface area is 117 Å². The standard InChI is InChI=1S/C14H19N5O/c1-3-18-7-8-19-11(10-18)9-13(16-19)15-12-5-4-6-17(2)14(12)20/h4-6,9H,3,7-8,10H2,1-2H3,(H,15,16). The van der Waals surface area contributed by atoms with E-state index in [0.717, 1.165) is 32.0 Å². The molecular weight excluding hydrogens is 254 g/mol. The van der Waals surface area contributed by atoms with Crippen LogP contribution in [-0.4, -0.2) is 32.3 Å². The lowest BCUT2D eigenvalue weighted by molar-refractivity contribution is 0.224. The third-order valence-electron chi connectivity index (χ3n) is 3.71. The monoisotopic (exact) mass is 273 g/mol. The van der Waals surface area contributed by atoms with E-state index in [1.165, 1.54) is 5.69 Å². The Kier molecular flexibility index (Phi) is 3.31. The number of anilines is 2. The maximum Gasteiger partial charge on any atom is 0.274 e. The highest BCUT2D eigenvalue weighted by molar-refractivity contribution is 5.55. The summed E-state index contributed by atoms with van der Waals surface area (Å²) in [4.78, 5) is 14.3. The van der Waals surface area contributed by atoms with Gasteiger partial charge in [-0.1, -0.05) is 6.92 Å². The van der Waals surface area contributed by atoms with Crippen LogP contribution in [0.5, 0.6) is 0 Å². The highest BCUT2D eigenvalue weighted by atomic mass is 16.1. The zero-order valence-corrected chi connectivity index (χ0v) is 11.8. The molecule has 2 aromatic heterocycles. The van der Waals surface area contributed by atoms with Crippen LogP contribution in [-0.2, 0) is 20.1 Å². The molecule has 0 bridgehead atoms. The Morgan fingerprint density at radius 3 is 3.05 bits per heavy atom. The van der Waals surface area contributed by atoms with E-state index in [2.05, 4.69) is 22.2 Å². The van der Waals surface area contributed by atoms with Crippen molar-refractivity contribution in [3.8, 4) is 0 Å². The van der Waals surface area contributed by atoms with Gasteiger partial charge in [0.1, 0.15) is 5.69 Å². The molecule has 1 aliphatic rings. The van der Waals surface area contributed by atoms with Gasteiger partial charge < -0.3 is 9.88 Å². The number of nitrogens with one attached hydrogen (secondary N) is 1. The maximum absolute atomic E-state index is 12.0. The van der Waals surface area contributed by atoms with E-state index in [9.17, 15) is 4.79 Å². The minimum absolute atomic E-state index is 0.0475. The molecule has 0 aromatic carbocycles. The molecular formula is C14H19N5O. The Morgan fingerprint density at radius 2 is 2.25 bits per heavy atom. The molecule has 1 aliphatic heterocycles. The lowest BCUT2D eigenvalue weighted by Crippen LogP contribution is -2.33. The minimum Gasteiger partial charge on any atom is -0.334 e. The minimum atomic E-state index is -0.0475. The fraction of sp³-hybridized carbons (Fsp3) is 0.429. The molecule has 0 atom stereocenters. The second-order valence-electron chi connectivity index (χ2n) is 5.08. The smallest absolute Gasteiger partial charge is 0.274 e.